The van der Waals surface area contributed by atoms with Crippen LogP contribution in [0.4, 0.5) is 4.39 Å². The summed E-state index contributed by atoms with van der Waals surface area (Å²) < 4.78 is 18.1. The third-order valence-corrected chi connectivity index (χ3v) is 2.83. The molecule has 3 heteroatoms. The zero-order valence-electron chi connectivity index (χ0n) is 10.7. The first-order valence-corrected chi connectivity index (χ1v) is 6.06. The molecule has 98 valence electrons. The van der Waals surface area contributed by atoms with Gasteiger partial charge >= 0.3 is 0 Å². The molecule has 0 bridgehead atoms. The van der Waals surface area contributed by atoms with Crippen LogP contribution in [-0.4, -0.2) is 12.9 Å². The molecule has 0 atom stereocenters. The van der Waals surface area contributed by atoms with Crippen LogP contribution in [0.15, 0.2) is 48.5 Å². The lowest BCUT2D eigenvalue weighted by Crippen LogP contribution is -2.06. The van der Waals surface area contributed by atoms with Gasteiger partial charge in [0.05, 0.1) is 7.11 Å². The quantitative estimate of drug-likeness (QED) is 0.823. The van der Waals surface area contributed by atoms with Crippen LogP contribution >= 0.6 is 0 Å². The third kappa shape index (κ3) is 3.91. The molecule has 0 N–H and O–H groups in total. The van der Waals surface area contributed by atoms with Crippen molar-refractivity contribution in [3.8, 4) is 5.75 Å². The van der Waals surface area contributed by atoms with E-state index in [2.05, 4.69) is 0 Å². The number of carbonyl (C=O) groups is 1. The second kappa shape index (κ2) is 6.14. The number of ether oxygens (including phenoxy) is 1. The number of carbonyl (C=O) groups excluding carboxylic acids is 1. The fourth-order valence-corrected chi connectivity index (χ4v) is 1.95. The number of rotatable bonds is 5. The van der Waals surface area contributed by atoms with Gasteiger partial charge in [-0.15, -0.1) is 0 Å². The molecular formula is C16H15FO2. The van der Waals surface area contributed by atoms with Crippen molar-refractivity contribution in [2.24, 2.45) is 0 Å². The fourth-order valence-electron chi connectivity index (χ4n) is 1.95. The Labute approximate surface area is 111 Å². The molecule has 2 aromatic rings. The van der Waals surface area contributed by atoms with E-state index in [0.29, 0.717) is 12.0 Å². The van der Waals surface area contributed by atoms with Crippen molar-refractivity contribution in [2.75, 3.05) is 7.11 Å². The van der Waals surface area contributed by atoms with Gasteiger partial charge in [-0.1, -0.05) is 24.3 Å². The van der Waals surface area contributed by atoms with Gasteiger partial charge in [0, 0.05) is 12.8 Å². The average Bonchev–Trinajstić information content (AvgIpc) is 2.38. The van der Waals surface area contributed by atoms with Crippen molar-refractivity contribution in [1.29, 1.82) is 0 Å². The number of ketones is 1. The highest BCUT2D eigenvalue weighted by atomic mass is 19.1. The van der Waals surface area contributed by atoms with E-state index in [-0.39, 0.29) is 18.0 Å². The Balaban J connectivity index is 2.01. The molecule has 0 aromatic heterocycles. The van der Waals surface area contributed by atoms with E-state index in [4.69, 9.17) is 4.74 Å². The molecule has 2 nitrogen and oxygen atoms in total. The van der Waals surface area contributed by atoms with Crippen molar-refractivity contribution < 1.29 is 13.9 Å². The fraction of sp³-hybridized carbons (Fsp3) is 0.188. The summed E-state index contributed by atoms with van der Waals surface area (Å²) in [5.41, 5.74) is 1.61. The minimum absolute atomic E-state index is 0.0545. The summed E-state index contributed by atoms with van der Waals surface area (Å²) in [6, 6.07) is 13.5. The first-order chi connectivity index (χ1) is 9.17. The molecule has 0 radical (unpaired) electrons. The summed E-state index contributed by atoms with van der Waals surface area (Å²) >= 11 is 0. The zero-order valence-corrected chi connectivity index (χ0v) is 10.7. The van der Waals surface area contributed by atoms with Crippen molar-refractivity contribution >= 4 is 5.78 Å². The largest absolute Gasteiger partial charge is 0.497 e. The Morgan fingerprint density at radius 3 is 2.32 bits per heavy atom. The van der Waals surface area contributed by atoms with Crippen LogP contribution in [0.2, 0.25) is 0 Å². The molecule has 0 aliphatic heterocycles. The van der Waals surface area contributed by atoms with Crippen LogP contribution in [-0.2, 0) is 17.6 Å². The van der Waals surface area contributed by atoms with Gasteiger partial charge in [-0.25, -0.2) is 4.39 Å². The second-order valence-electron chi connectivity index (χ2n) is 4.37. The second-order valence-corrected chi connectivity index (χ2v) is 4.37. The number of hydrogen-bond acceptors (Lipinski definition) is 2. The van der Waals surface area contributed by atoms with Gasteiger partial charge < -0.3 is 4.74 Å². The maximum atomic E-state index is 13.0. The molecule has 0 unspecified atom stereocenters. The third-order valence-electron chi connectivity index (χ3n) is 2.83. The summed E-state index contributed by atoms with van der Waals surface area (Å²) in [5.74, 6) is 0.474. The normalized spacial score (nSPS) is 10.2. The predicted molar refractivity (Wildman–Crippen MR) is 71.8 cm³/mol. The SMILES string of the molecule is COc1cccc(CC(=O)Cc2cccc(F)c2)c1. The molecule has 0 saturated heterocycles. The van der Waals surface area contributed by atoms with Crippen LogP contribution < -0.4 is 4.74 Å². The van der Waals surface area contributed by atoms with Crippen LogP contribution in [0.1, 0.15) is 11.1 Å². The number of hydrogen-bond donors (Lipinski definition) is 0. The first kappa shape index (κ1) is 13.3. The number of benzene rings is 2. The van der Waals surface area contributed by atoms with E-state index >= 15 is 0 Å². The van der Waals surface area contributed by atoms with Crippen LogP contribution in [0.3, 0.4) is 0 Å². The molecule has 0 fully saturated rings. The summed E-state index contributed by atoms with van der Waals surface area (Å²) in [5, 5.41) is 0. The number of halogens is 1. The monoisotopic (exact) mass is 258 g/mol. The molecule has 2 aromatic carbocycles. The van der Waals surface area contributed by atoms with Gasteiger partial charge in [0.1, 0.15) is 17.3 Å². The van der Waals surface area contributed by atoms with E-state index in [9.17, 15) is 9.18 Å². The Hall–Kier alpha value is -2.16. The molecule has 0 amide bonds. The lowest BCUT2D eigenvalue weighted by atomic mass is 10.0. The number of Topliss-reactive ketones (excluding diaryl/α,β-unsaturated/α-hetero) is 1. The van der Waals surface area contributed by atoms with Crippen LogP contribution in [0.25, 0.3) is 0 Å². The maximum Gasteiger partial charge on any atom is 0.141 e. The predicted octanol–water partition coefficient (Wildman–Crippen LogP) is 3.19. The minimum Gasteiger partial charge on any atom is -0.497 e. The molecule has 0 aliphatic carbocycles. The number of methoxy groups -OCH3 is 1. The highest BCUT2D eigenvalue weighted by Crippen LogP contribution is 2.14. The van der Waals surface area contributed by atoms with Crippen molar-refractivity contribution in [2.45, 2.75) is 12.8 Å². The van der Waals surface area contributed by atoms with Gasteiger partial charge in [-0.3, -0.25) is 4.79 Å². The Kier molecular flexibility index (Phi) is 4.29. The highest BCUT2D eigenvalue weighted by molar-refractivity contribution is 5.83. The molecule has 0 saturated carbocycles. The van der Waals surface area contributed by atoms with Crippen molar-refractivity contribution in [3.63, 3.8) is 0 Å². The van der Waals surface area contributed by atoms with E-state index in [1.165, 1.54) is 12.1 Å². The van der Waals surface area contributed by atoms with Gasteiger partial charge in [-0.2, -0.15) is 0 Å². The van der Waals surface area contributed by atoms with Crippen molar-refractivity contribution in [3.05, 3.63) is 65.5 Å². The average molecular weight is 258 g/mol. The standard InChI is InChI=1S/C16H15FO2/c1-19-16-7-3-5-13(11-16)10-15(18)9-12-4-2-6-14(17)8-12/h2-8,11H,9-10H2,1H3. The minimum atomic E-state index is -0.313. The van der Waals surface area contributed by atoms with Gasteiger partial charge in [0.15, 0.2) is 0 Å². The highest BCUT2D eigenvalue weighted by Gasteiger charge is 2.06. The summed E-state index contributed by atoms with van der Waals surface area (Å²) in [6.45, 7) is 0. The van der Waals surface area contributed by atoms with Crippen molar-refractivity contribution in [1.82, 2.24) is 0 Å². The van der Waals surface area contributed by atoms with E-state index in [1.54, 1.807) is 19.2 Å². The Morgan fingerprint density at radius 1 is 1.05 bits per heavy atom. The summed E-state index contributed by atoms with van der Waals surface area (Å²) in [4.78, 5) is 11.9. The first-order valence-electron chi connectivity index (χ1n) is 6.06. The summed E-state index contributed by atoms with van der Waals surface area (Å²) in [6.07, 6.45) is 0.572. The maximum absolute atomic E-state index is 13.0. The van der Waals surface area contributed by atoms with E-state index < -0.39 is 0 Å². The Bertz CT molecular complexity index is 578. The van der Waals surface area contributed by atoms with E-state index in [1.807, 2.05) is 24.3 Å². The van der Waals surface area contributed by atoms with E-state index in [0.717, 1.165) is 11.3 Å². The topological polar surface area (TPSA) is 26.3 Å². The molecule has 2 rings (SSSR count). The molecule has 0 heterocycles. The summed E-state index contributed by atoms with van der Waals surface area (Å²) in [7, 11) is 1.59. The zero-order chi connectivity index (χ0) is 13.7. The Morgan fingerprint density at radius 2 is 1.68 bits per heavy atom. The van der Waals surface area contributed by atoms with Gasteiger partial charge in [0.25, 0.3) is 0 Å². The molecule has 0 aliphatic rings. The van der Waals surface area contributed by atoms with Gasteiger partial charge in [0.2, 0.25) is 0 Å². The molecule has 0 spiro atoms. The molecule has 19 heavy (non-hydrogen) atoms. The van der Waals surface area contributed by atoms with Crippen LogP contribution in [0, 0.1) is 5.82 Å². The molecular weight excluding hydrogens is 243 g/mol. The lowest BCUT2D eigenvalue weighted by Gasteiger charge is -2.04. The lowest BCUT2D eigenvalue weighted by molar-refractivity contribution is -0.117. The smallest absolute Gasteiger partial charge is 0.141 e. The van der Waals surface area contributed by atoms with Crippen LogP contribution in [0.5, 0.6) is 5.75 Å². The van der Waals surface area contributed by atoms with Gasteiger partial charge in [-0.05, 0) is 35.4 Å².